The Morgan fingerprint density at radius 1 is 1.00 bits per heavy atom. The van der Waals surface area contributed by atoms with Crippen molar-refractivity contribution in [2.24, 2.45) is 5.41 Å². The van der Waals surface area contributed by atoms with Crippen LogP contribution in [0.3, 0.4) is 0 Å². The summed E-state index contributed by atoms with van der Waals surface area (Å²) in [5.74, 6) is 0. The van der Waals surface area contributed by atoms with Crippen LogP contribution in [0.2, 0.25) is 0 Å². The van der Waals surface area contributed by atoms with Gasteiger partial charge in [-0.25, -0.2) is 0 Å². The van der Waals surface area contributed by atoms with Gasteiger partial charge in [0, 0.05) is 12.5 Å². The normalized spacial score (nSPS) is 36.4. The van der Waals surface area contributed by atoms with Gasteiger partial charge < -0.3 is 9.84 Å². The summed E-state index contributed by atoms with van der Waals surface area (Å²) >= 11 is 0. The van der Waals surface area contributed by atoms with E-state index in [4.69, 9.17) is 4.74 Å². The number of hydrogen-bond acceptors (Lipinski definition) is 2. The average Bonchev–Trinajstić information content (AvgIpc) is 2.46. The van der Waals surface area contributed by atoms with Crippen molar-refractivity contribution in [1.29, 1.82) is 0 Å². The molecule has 1 atom stereocenters. The minimum absolute atomic E-state index is 0.210. The predicted molar refractivity (Wildman–Crippen MR) is 56.2 cm³/mol. The molecule has 0 bridgehead atoms. The minimum Gasteiger partial charge on any atom is -0.387 e. The third-order valence-corrected chi connectivity index (χ3v) is 4.43. The molecule has 0 heterocycles. The van der Waals surface area contributed by atoms with Gasteiger partial charge in [-0.3, -0.25) is 0 Å². The fraction of sp³-hybridized carbons (Fsp3) is 1.00. The summed E-state index contributed by atoms with van der Waals surface area (Å²) in [4.78, 5) is 0. The van der Waals surface area contributed by atoms with Crippen LogP contribution < -0.4 is 0 Å². The van der Waals surface area contributed by atoms with Crippen molar-refractivity contribution in [2.75, 3.05) is 13.7 Å². The molecule has 2 nitrogen and oxygen atoms in total. The van der Waals surface area contributed by atoms with Gasteiger partial charge in [0.1, 0.15) is 0 Å². The van der Waals surface area contributed by atoms with Gasteiger partial charge in [-0.15, -0.1) is 0 Å². The van der Waals surface area contributed by atoms with Crippen LogP contribution in [0.5, 0.6) is 0 Å². The number of ether oxygens (including phenoxy) is 1. The number of hydrogen-bond donors (Lipinski definition) is 1. The lowest BCUT2D eigenvalue weighted by molar-refractivity contribution is -0.120. The summed E-state index contributed by atoms with van der Waals surface area (Å²) in [6.45, 7) is 0.535. The highest BCUT2D eigenvalue weighted by atomic mass is 16.5. The van der Waals surface area contributed by atoms with Crippen molar-refractivity contribution in [3.05, 3.63) is 0 Å². The predicted octanol–water partition coefficient (Wildman–Crippen LogP) is 2.50. The Kier molecular flexibility index (Phi) is 2.85. The monoisotopic (exact) mass is 198 g/mol. The summed E-state index contributed by atoms with van der Waals surface area (Å²) in [6, 6.07) is 0. The molecule has 0 aromatic carbocycles. The lowest BCUT2D eigenvalue weighted by Crippen LogP contribution is -2.48. The third-order valence-electron chi connectivity index (χ3n) is 4.43. The van der Waals surface area contributed by atoms with Gasteiger partial charge in [-0.1, -0.05) is 19.3 Å². The van der Waals surface area contributed by atoms with Gasteiger partial charge >= 0.3 is 0 Å². The molecule has 2 heteroatoms. The highest BCUT2D eigenvalue weighted by molar-refractivity contribution is 5.04. The maximum absolute atomic E-state index is 10.6. The van der Waals surface area contributed by atoms with E-state index in [1.807, 2.05) is 0 Å². The molecule has 1 spiro atoms. The van der Waals surface area contributed by atoms with Crippen molar-refractivity contribution in [1.82, 2.24) is 0 Å². The second-order valence-electron chi connectivity index (χ2n) is 5.16. The van der Waals surface area contributed by atoms with Crippen LogP contribution in [-0.4, -0.2) is 24.4 Å². The van der Waals surface area contributed by atoms with E-state index in [9.17, 15) is 5.11 Å². The molecule has 0 saturated heterocycles. The van der Waals surface area contributed by atoms with Crippen LogP contribution >= 0.6 is 0 Å². The molecule has 0 radical (unpaired) electrons. The first kappa shape index (κ1) is 10.4. The zero-order chi connectivity index (χ0) is 10.1. The van der Waals surface area contributed by atoms with Gasteiger partial charge in [0.25, 0.3) is 0 Å². The summed E-state index contributed by atoms with van der Waals surface area (Å²) in [6.07, 6.45) is 9.72. The zero-order valence-corrected chi connectivity index (χ0v) is 9.22. The molecule has 2 aliphatic rings. The molecule has 0 aliphatic heterocycles. The Bertz CT molecular complexity index is 196. The van der Waals surface area contributed by atoms with Crippen LogP contribution in [0.25, 0.3) is 0 Å². The highest BCUT2D eigenvalue weighted by Crippen LogP contribution is 2.55. The Morgan fingerprint density at radius 2 is 1.64 bits per heavy atom. The fourth-order valence-electron chi connectivity index (χ4n) is 3.63. The SMILES string of the molecule is COCC1(O)CCCC12CCCCC2. The van der Waals surface area contributed by atoms with Crippen molar-refractivity contribution in [2.45, 2.75) is 57.0 Å². The standard InChI is InChI=1S/C12H22O2/c1-14-10-12(13)9-5-8-11(12)6-3-2-4-7-11/h13H,2-10H2,1H3. The van der Waals surface area contributed by atoms with Crippen LogP contribution in [0.1, 0.15) is 51.4 Å². The summed E-state index contributed by atoms with van der Waals surface area (Å²) < 4.78 is 5.21. The van der Waals surface area contributed by atoms with E-state index in [0.29, 0.717) is 6.61 Å². The highest BCUT2D eigenvalue weighted by Gasteiger charge is 2.53. The van der Waals surface area contributed by atoms with Crippen LogP contribution in [0.15, 0.2) is 0 Å². The molecule has 1 unspecified atom stereocenters. The van der Waals surface area contributed by atoms with Gasteiger partial charge in [-0.05, 0) is 32.1 Å². The summed E-state index contributed by atoms with van der Waals surface area (Å²) in [5.41, 5.74) is -0.302. The molecule has 0 aromatic rings. The molecule has 2 fully saturated rings. The second kappa shape index (κ2) is 3.82. The van der Waals surface area contributed by atoms with E-state index < -0.39 is 5.60 Å². The van der Waals surface area contributed by atoms with Gasteiger partial charge in [0.05, 0.1) is 12.2 Å². The lowest BCUT2D eigenvalue weighted by atomic mass is 9.65. The molecule has 0 amide bonds. The van der Waals surface area contributed by atoms with Crippen molar-refractivity contribution >= 4 is 0 Å². The molecule has 0 aromatic heterocycles. The first-order valence-electron chi connectivity index (χ1n) is 5.94. The van der Waals surface area contributed by atoms with Gasteiger partial charge in [0.2, 0.25) is 0 Å². The van der Waals surface area contributed by atoms with E-state index in [2.05, 4.69) is 0 Å². The zero-order valence-electron chi connectivity index (χ0n) is 9.22. The first-order valence-corrected chi connectivity index (χ1v) is 5.94. The third kappa shape index (κ3) is 1.49. The fourth-order valence-corrected chi connectivity index (χ4v) is 3.63. The summed E-state index contributed by atoms with van der Waals surface area (Å²) in [7, 11) is 1.70. The molecule has 2 aliphatic carbocycles. The smallest absolute Gasteiger partial charge is 0.0935 e. The van der Waals surface area contributed by atoms with E-state index in [1.165, 1.54) is 44.9 Å². The minimum atomic E-state index is -0.512. The second-order valence-corrected chi connectivity index (χ2v) is 5.16. The molecular weight excluding hydrogens is 176 g/mol. The van der Waals surface area contributed by atoms with Crippen LogP contribution in [0.4, 0.5) is 0 Å². The molecule has 2 rings (SSSR count). The first-order chi connectivity index (χ1) is 6.72. The maximum atomic E-state index is 10.6. The molecule has 14 heavy (non-hydrogen) atoms. The number of methoxy groups -OCH3 is 1. The Hall–Kier alpha value is -0.0800. The number of rotatable bonds is 2. The lowest BCUT2D eigenvalue weighted by Gasteiger charge is -2.44. The summed E-state index contributed by atoms with van der Waals surface area (Å²) in [5, 5.41) is 10.6. The molecule has 1 N–H and O–H groups in total. The number of aliphatic hydroxyl groups is 1. The Morgan fingerprint density at radius 3 is 2.29 bits per heavy atom. The average molecular weight is 198 g/mol. The van der Waals surface area contributed by atoms with Crippen molar-refractivity contribution in [3.8, 4) is 0 Å². The van der Waals surface area contributed by atoms with E-state index >= 15 is 0 Å². The quantitative estimate of drug-likeness (QED) is 0.738. The van der Waals surface area contributed by atoms with Crippen molar-refractivity contribution in [3.63, 3.8) is 0 Å². The van der Waals surface area contributed by atoms with Gasteiger partial charge in [-0.2, -0.15) is 0 Å². The van der Waals surface area contributed by atoms with E-state index in [1.54, 1.807) is 7.11 Å². The van der Waals surface area contributed by atoms with E-state index in [-0.39, 0.29) is 5.41 Å². The van der Waals surface area contributed by atoms with Crippen molar-refractivity contribution < 1.29 is 9.84 Å². The Balaban J connectivity index is 2.14. The van der Waals surface area contributed by atoms with Gasteiger partial charge in [0.15, 0.2) is 0 Å². The van der Waals surface area contributed by atoms with E-state index in [0.717, 1.165) is 6.42 Å². The van der Waals surface area contributed by atoms with Crippen LogP contribution in [-0.2, 0) is 4.74 Å². The largest absolute Gasteiger partial charge is 0.387 e. The topological polar surface area (TPSA) is 29.5 Å². The molecule has 82 valence electrons. The Labute approximate surface area is 86.6 Å². The maximum Gasteiger partial charge on any atom is 0.0935 e. The molecular formula is C12H22O2. The van der Waals surface area contributed by atoms with Crippen LogP contribution in [0, 0.1) is 5.41 Å². The molecule has 2 saturated carbocycles.